The predicted molar refractivity (Wildman–Crippen MR) is 143 cm³/mol. The average Bonchev–Trinajstić information content (AvgIpc) is 3.28. The van der Waals surface area contributed by atoms with E-state index in [0.717, 1.165) is 48.1 Å². The summed E-state index contributed by atoms with van der Waals surface area (Å²) in [7, 11) is 0. The summed E-state index contributed by atoms with van der Waals surface area (Å²) in [5, 5.41) is 2.37. The number of para-hydroxylation sites is 2. The third-order valence-electron chi connectivity index (χ3n) is 8.20. The maximum absolute atomic E-state index is 14.2. The number of carbonyl (C=O) groups excluding carboxylic acids is 1. The number of nitrogens with zero attached hydrogens (tertiary/aromatic N) is 3. The molecule has 0 atom stereocenters. The lowest BCUT2D eigenvalue weighted by molar-refractivity contribution is -0.138. The molecule has 0 aliphatic heterocycles. The van der Waals surface area contributed by atoms with Gasteiger partial charge in [-0.15, -0.1) is 0 Å². The molecular weight excluding hydrogens is 430 g/mol. The molecule has 4 nitrogen and oxygen atoms in total. The van der Waals surface area contributed by atoms with Crippen molar-refractivity contribution in [1.29, 1.82) is 0 Å². The van der Waals surface area contributed by atoms with E-state index in [4.69, 9.17) is 4.98 Å². The minimum absolute atomic E-state index is 0.272. The highest BCUT2D eigenvalue weighted by Crippen LogP contribution is 2.33. The summed E-state index contributed by atoms with van der Waals surface area (Å²) >= 11 is 0. The first kappa shape index (κ1) is 22.3. The van der Waals surface area contributed by atoms with Gasteiger partial charge in [0.1, 0.15) is 12.4 Å². The molecule has 0 saturated heterocycles. The van der Waals surface area contributed by atoms with Crippen LogP contribution in [-0.2, 0) is 11.3 Å². The largest absolute Gasteiger partial charge is 0.335 e. The van der Waals surface area contributed by atoms with Crippen molar-refractivity contribution in [3.05, 3.63) is 66.7 Å². The van der Waals surface area contributed by atoms with Crippen LogP contribution in [0.2, 0.25) is 0 Å². The summed E-state index contributed by atoms with van der Waals surface area (Å²) in [5.74, 6) is 1.16. The molecule has 2 aliphatic rings. The van der Waals surface area contributed by atoms with E-state index in [0.29, 0.717) is 18.6 Å². The normalized spacial score (nSPS) is 17.7. The second kappa shape index (κ2) is 9.85. The zero-order valence-electron chi connectivity index (χ0n) is 20.5. The van der Waals surface area contributed by atoms with Crippen molar-refractivity contribution in [3.63, 3.8) is 0 Å². The molecule has 4 heteroatoms. The van der Waals surface area contributed by atoms with E-state index in [1.165, 1.54) is 49.3 Å². The number of hydrogen-bond acceptors (Lipinski definition) is 2. The first-order valence-corrected chi connectivity index (χ1v) is 13.5. The van der Waals surface area contributed by atoms with Crippen molar-refractivity contribution >= 4 is 27.7 Å². The fraction of sp³-hybridized carbons (Fsp3) is 0.419. The summed E-state index contributed by atoms with van der Waals surface area (Å²) < 4.78 is 2.18. The van der Waals surface area contributed by atoms with Gasteiger partial charge in [-0.25, -0.2) is 4.98 Å². The molecule has 0 bridgehead atoms. The van der Waals surface area contributed by atoms with Crippen LogP contribution in [0.3, 0.4) is 0 Å². The summed E-state index contributed by atoms with van der Waals surface area (Å²) in [4.78, 5) is 21.6. The van der Waals surface area contributed by atoms with Crippen molar-refractivity contribution in [3.8, 4) is 11.4 Å². The Morgan fingerprint density at radius 1 is 0.771 bits per heavy atom. The van der Waals surface area contributed by atoms with Gasteiger partial charge in [-0.1, -0.05) is 93.1 Å². The van der Waals surface area contributed by atoms with Crippen molar-refractivity contribution in [2.24, 2.45) is 0 Å². The lowest BCUT2D eigenvalue weighted by atomic mass is 9.88. The molecule has 1 amide bonds. The van der Waals surface area contributed by atoms with Gasteiger partial charge in [0.05, 0.1) is 11.0 Å². The molecule has 1 heterocycles. The topological polar surface area (TPSA) is 38.1 Å². The summed E-state index contributed by atoms with van der Waals surface area (Å²) in [6.07, 6.45) is 12.2. The lowest BCUT2D eigenvalue weighted by Gasteiger charge is -2.42. The molecule has 0 radical (unpaired) electrons. The molecule has 3 aromatic carbocycles. The molecule has 4 aromatic rings. The maximum atomic E-state index is 14.2. The molecule has 180 valence electrons. The molecular formula is C31H35N3O. The summed E-state index contributed by atoms with van der Waals surface area (Å²) in [6, 6.07) is 23.9. The Balaban J connectivity index is 1.42. The van der Waals surface area contributed by atoms with Gasteiger partial charge in [0.25, 0.3) is 0 Å². The lowest BCUT2D eigenvalue weighted by Crippen LogP contribution is -2.50. The molecule has 0 spiro atoms. The first-order valence-electron chi connectivity index (χ1n) is 13.5. The number of imidazole rings is 1. The standard InChI is InChI=1S/C31H35N3O/c35-30(34(24-14-3-1-4-15-24)25-16-5-2-6-17-25)22-33-29-21-10-9-20-28(29)32-31(33)27-19-11-13-23-12-7-8-18-26(23)27/h7-13,18-21,24-25H,1-6,14-17,22H2. The van der Waals surface area contributed by atoms with Gasteiger partial charge >= 0.3 is 0 Å². The van der Waals surface area contributed by atoms with Crippen molar-refractivity contribution < 1.29 is 4.79 Å². The van der Waals surface area contributed by atoms with E-state index in [9.17, 15) is 4.79 Å². The monoisotopic (exact) mass is 465 g/mol. The molecule has 2 saturated carbocycles. The number of amides is 1. The van der Waals surface area contributed by atoms with Crippen molar-refractivity contribution in [2.75, 3.05) is 0 Å². The number of aromatic nitrogens is 2. The Morgan fingerprint density at radius 3 is 2.14 bits per heavy atom. The maximum Gasteiger partial charge on any atom is 0.243 e. The third-order valence-corrected chi connectivity index (χ3v) is 8.20. The van der Waals surface area contributed by atoms with Gasteiger partial charge in [0, 0.05) is 17.6 Å². The van der Waals surface area contributed by atoms with Gasteiger partial charge in [-0.2, -0.15) is 0 Å². The second-order valence-corrected chi connectivity index (χ2v) is 10.4. The van der Waals surface area contributed by atoms with Crippen LogP contribution in [0, 0.1) is 0 Å². The number of rotatable bonds is 5. The van der Waals surface area contributed by atoms with Gasteiger partial charge in [0.15, 0.2) is 0 Å². The molecule has 0 unspecified atom stereocenters. The Hall–Kier alpha value is -3.14. The number of benzene rings is 3. The van der Waals surface area contributed by atoms with Gasteiger partial charge in [0.2, 0.25) is 5.91 Å². The SMILES string of the molecule is O=C(Cn1c(-c2cccc3ccccc23)nc2ccccc21)N(C1CCCCC1)C1CCCCC1. The third kappa shape index (κ3) is 4.35. The number of fused-ring (bicyclic) bond motifs is 2. The van der Waals surface area contributed by atoms with Crippen LogP contribution in [0.25, 0.3) is 33.2 Å². The van der Waals surface area contributed by atoms with Crippen LogP contribution in [0.15, 0.2) is 66.7 Å². The zero-order chi connectivity index (χ0) is 23.6. The number of carbonyl (C=O) groups is 1. The highest BCUT2D eigenvalue weighted by atomic mass is 16.2. The zero-order valence-corrected chi connectivity index (χ0v) is 20.5. The Kier molecular flexibility index (Phi) is 6.28. The molecule has 35 heavy (non-hydrogen) atoms. The smallest absolute Gasteiger partial charge is 0.243 e. The van der Waals surface area contributed by atoms with E-state index in [1.807, 2.05) is 6.07 Å². The Labute approximate surface area is 208 Å². The fourth-order valence-electron chi connectivity index (χ4n) is 6.50. The first-order chi connectivity index (χ1) is 17.3. The second-order valence-electron chi connectivity index (χ2n) is 10.4. The van der Waals surface area contributed by atoms with Crippen molar-refractivity contribution in [1.82, 2.24) is 14.5 Å². The molecule has 2 fully saturated rings. The van der Waals surface area contributed by atoms with Crippen LogP contribution >= 0.6 is 0 Å². The molecule has 0 N–H and O–H groups in total. The average molecular weight is 466 g/mol. The molecule has 2 aliphatic carbocycles. The van der Waals surface area contributed by atoms with Crippen LogP contribution in [0.5, 0.6) is 0 Å². The summed E-state index contributed by atoms with van der Waals surface area (Å²) in [5.41, 5.74) is 3.08. The highest BCUT2D eigenvalue weighted by molar-refractivity contribution is 5.97. The van der Waals surface area contributed by atoms with Gasteiger partial charge < -0.3 is 9.47 Å². The molecule has 1 aromatic heterocycles. The van der Waals surface area contributed by atoms with Crippen LogP contribution in [0.4, 0.5) is 0 Å². The van der Waals surface area contributed by atoms with Crippen molar-refractivity contribution in [2.45, 2.75) is 82.8 Å². The van der Waals surface area contributed by atoms with E-state index in [2.05, 4.69) is 70.1 Å². The van der Waals surface area contributed by atoms with Crippen LogP contribution in [-0.4, -0.2) is 32.4 Å². The quantitative estimate of drug-likeness (QED) is 0.309. The number of hydrogen-bond donors (Lipinski definition) is 0. The minimum Gasteiger partial charge on any atom is -0.335 e. The fourth-order valence-corrected chi connectivity index (χ4v) is 6.50. The summed E-state index contributed by atoms with van der Waals surface area (Å²) in [6.45, 7) is 0.353. The predicted octanol–water partition coefficient (Wildman–Crippen LogP) is 7.35. The van der Waals surface area contributed by atoms with Crippen LogP contribution in [0.1, 0.15) is 64.2 Å². The van der Waals surface area contributed by atoms with E-state index in [-0.39, 0.29) is 5.91 Å². The van der Waals surface area contributed by atoms with E-state index >= 15 is 0 Å². The van der Waals surface area contributed by atoms with E-state index in [1.54, 1.807) is 0 Å². The highest BCUT2D eigenvalue weighted by Gasteiger charge is 2.33. The van der Waals surface area contributed by atoms with Crippen LogP contribution < -0.4 is 0 Å². The minimum atomic E-state index is 0.272. The Morgan fingerprint density at radius 2 is 1.40 bits per heavy atom. The molecule has 6 rings (SSSR count). The van der Waals surface area contributed by atoms with Gasteiger partial charge in [-0.3, -0.25) is 4.79 Å². The Bertz CT molecular complexity index is 1300. The van der Waals surface area contributed by atoms with Gasteiger partial charge in [-0.05, 0) is 48.6 Å². The van der Waals surface area contributed by atoms with E-state index < -0.39 is 0 Å².